The lowest BCUT2D eigenvalue weighted by atomic mass is 10.2. The second-order valence-electron chi connectivity index (χ2n) is 6.99. The van der Waals surface area contributed by atoms with Crippen molar-refractivity contribution in [2.45, 2.75) is 45.1 Å². The lowest BCUT2D eigenvalue weighted by Crippen LogP contribution is -2.33. The van der Waals surface area contributed by atoms with Crippen LogP contribution in [0.15, 0.2) is 52.2 Å². The van der Waals surface area contributed by atoms with Crippen LogP contribution in [0.2, 0.25) is 0 Å². The highest BCUT2D eigenvalue weighted by molar-refractivity contribution is 7.89. The molecule has 0 atom stereocenters. The fraction of sp³-hybridized carbons (Fsp3) is 0.333. The first-order valence-corrected chi connectivity index (χ1v) is 10.8. The Morgan fingerprint density at radius 1 is 1.11 bits per heavy atom. The fourth-order valence-corrected chi connectivity index (χ4v) is 4.87. The summed E-state index contributed by atoms with van der Waals surface area (Å²) in [5, 5.41) is 0.490. The van der Waals surface area contributed by atoms with Gasteiger partial charge < -0.3 is 4.98 Å². The van der Waals surface area contributed by atoms with Crippen LogP contribution in [0.4, 0.5) is 0 Å². The molecule has 0 aliphatic heterocycles. The van der Waals surface area contributed by atoms with Gasteiger partial charge in [0, 0.05) is 6.54 Å². The van der Waals surface area contributed by atoms with E-state index in [4.69, 9.17) is 0 Å². The van der Waals surface area contributed by atoms with Gasteiger partial charge >= 0.3 is 0 Å². The molecule has 3 rings (SSSR count). The van der Waals surface area contributed by atoms with Crippen LogP contribution in [-0.4, -0.2) is 29.2 Å². The number of aromatic nitrogens is 2. The quantitative estimate of drug-likeness (QED) is 0.659. The van der Waals surface area contributed by atoms with Crippen molar-refractivity contribution >= 4 is 20.9 Å². The molecule has 7 heteroatoms. The number of H-pyrrole nitrogens is 1. The highest BCUT2D eigenvalue weighted by atomic mass is 32.2. The predicted octanol–water partition coefficient (Wildman–Crippen LogP) is 3.53. The maximum atomic E-state index is 13.4. The van der Waals surface area contributed by atoms with Gasteiger partial charge in [0.2, 0.25) is 10.0 Å². The van der Waals surface area contributed by atoms with Crippen molar-refractivity contribution in [3.8, 4) is 0 Å². The molecule has 1 N–H and O–H groups in total. The van der Waals surface area contributed by atoms with E-state index in [0.29, 0.717) is 33.7 Å². The van der Waals surface area contributed by atoms with Crippen LogP contribution in [0.1, 0.15) is 36.7 Å². The Bertz CT molecular complexity index is 1150. The second-order valence-corrected chi connectivity index (χ2v) is 8.90. The smallest absolute Gasteiger partial charge is 0.258 e. The SMILES string of the molecule is CCCCN(Cc1nc2ccccc2c(=O)[nH]1)S(=O)(=O)c1cc(C)ccc1C. The Hall–Kier alpha value is -2.51. The Labute approximate surface area is 165 Å². The first-order valence-electron chi connectivity index (χ1n) is 9.38. The number of para-hydroxylation sites is 1. The molecule has 0 fully saturated rings. The van der Waals surface area contributed by atoms with Crippen molar-refractivity contribution in [2.75, 3.05) is 6.54 Å². The standard InChI is InChI=1S/C21H25N3O3S/c1-4-5-12-24(28(26,27)19-13-15(2)10-11-16(19)3)14-20-22-18-9-7-6-8-17(18)21(25)23-20/h6-11,13H,4-5,12,14H2,1-3H3,(H,22,23,25). The topological polar surface area (TPSA) is 83.1 Å². The normalized spacial score (nSPS) is 12.0. The van der Waals surface area contributed by atoms with Crippen LogP contribution in [0.25, 0.3) is 10.9 Å². The zero-order chi connectivity index (χ0) is 20.3. The van der Waals surface area contributed by atoms with Gasteiger partial charge in [-0.25, -0.2) is 13.4 Å². The molecule has 0 bridgehead atoms. The maximum absolute atomic E-state index is 13.4. The molecule has 0 aliphatic rings. The highest BCUT2D eigenvalue weighted by Crippen LogP contribution is 2.23. The molecule has 0 radical (unpaired) electrons. The number of aromatic amines is 1. The van der Waals surface area contributed by atoms with Gasteiger partial charge in [-0.15, -0.1) is 0 Å². The minimum atomic E-state index is -3.72. The largest absolute Gasteiger partial charge is 0.309 e. The molecule has 1 aromatic heterocycles. The predicted molar refractivity (Wildman–Crippen MR) is 111 cm³/mol. The molecule has 3 aromatic rings. The van der Waals surface area contributed by atoms with Crippen LogP contribution >= 0.6 is 0 Å². The zero-order valence-corrected chi connectivity index (χ0v) is 17.2. The summed E-state index contributed by atoms with van der Waals surface area (Å²) in [4.78, 5) is 19.9. The van der Waals surface area contributed by atoms with E-state index in [9.17, 15) is 13.2 Å². The fourth-order valence-electron chi connectivity index (χ4n) is 3.12. The van der Waals surface area contributed by atoms with E-state index in [1.807, 2.05) is 26.0 Å². The second kappa shape index (κ2) is 8.24. The highest BCUT2D eigenvalue weighted by Gasteiger charge is 2.27. The first kappa shape index (κ1) is 20.2. The lowest BCUT2D eigenvalue weighted by Gasteiger charge is -2.23. The van der Waals surface area contributed by atoms with Crippen molar-refractivity contribution in [1.82, 2.24) is 14.3 Å². The van der Waals surface area contributed by atoms with Gasteiger partial charge in [-0.05, 0) is 49.6 Å². The molecule has 148 valence electrons. The Balaban J connectivity index is 2.03. The molecule has 0 saturated carbocycles. The number of benzene rings is 2. The van der Waals surface area contributed by atoms with Crippen LogP contribution in [0.3, 0.4) is 0 Å². The summed E-state index contributed by atoms with van der Waals surface area (Å²) < 4.78 is 28.1. The molecule has 28 heavy (non-hydrogen) atoms. The minimum absolute atomic E-state index is 0.0236. The summed E-state index contributed by atoms with van der Waals surface area (Å²) in [5.74, 6) is 0.341. The van der Waals surface area contributed by atoms with Crippen LogP contribution in [0, 0.1) is 13.8 Å². The molecule has 0 amide bonds. The summed E-state index contributed by atoms with van der Waals surface area (Å²) >= 11 is 0. The first-order chi connectivity index (χ1) is 13.3. The van der Waals surface area contributed by atoms with Crippen LogP contribution < -0.4 is 5.56 Å². The Kier molecular flexibility index (Phi) is 5.96. The molecule has 0 saturated heterocycles. The Morgan fingerprint density at radius 2 is 1.86 bits per heavy atom. The molecular formula is C21H25N3O3S. The number of sulfonamides is 1. The van der Waals surface area contributed by atoms with Gasteiger partial charge in [-0.3, -0.25) is 4.79 Å². The van der Waals surface area contributed by atoms with Gasteiger partial charge in [0.05, 0.1) is 22.3 Å². The number of nitrogens with zero attached hydrogens (tertiary/aromatic N) is 2. The number of hydrogen-bond donors (Lipinski definition) is 1. The van der Waals surface area contributed by atoms with Crippen molar-refractivity contribution in [1.29, 1.82) is 0 Å². The molecular weight excluding hydrogens is 374 g/mol. The number of nitrogens with one attached hydrogen (secondary N) is 1. The number of unbranched alkanes of at least 4 members (excludes halogenated alkanes) is 1. The van der Waals surface area contributed by atoms with E-state index in [0.717, 1.165) is 18.4 Å². The van der Waals surface area contributed by atoms with E-state index in [1.165, 1.54) is 4.31 Å². The van der Waals surface area contributed by atoms with Gasteiger partial charge in [-0.2, -0.15) is 4.31 Å². The van der Waals surface area contributed by atoms with E-state index in [-0.39, 0.29) is 12.1 Å². The third kappa shape index (κ3) is 4.15. The molecule has 2 aromatic carbocycles. The average Bonchev–Trinajstić information content (AvgIpc) is 2.67. The van der Waals surface area contributed by atoms with Gasteiger partial charge in [-0.1, -0.05) is 37.6 Å². The van der Waals surface area contributed by atoms with Crippen LogP contribution in [0.5, 0.6) is 0 Å². The van der Waals surface area contributed by atoms with E-state index < -0.39 is 10.0 Å². The van der Waals surface area contributed by atoms with Crippen molar-refractivity contribution in [2.24, 2.45) is 0 Å². The van der Waals surface area contributed by atoms with Gasteiger partial charge in [0.25, 0.3) is 5.56 Å². The van der Waals surface area contributed by atoms with Gasteiger partial charge in [0.1, 0.15) is 5.82 Å². The number of aryl methyl sites for hydroxylation is 2. The maximum Gasteiger partial charge on any atom is 0.258 e. The molecule has 6 nitrogen and oxygen atoms in total. The van der Waals surface area contributed by atoms with E-state index in [1.54, 1.807) is 37.3 Å². The molecule has 0 aliphatic carbocycles. The van der Waals surface area contributed by atoms with E-state index >= 15 is 0 Å². The summed E-state index contributed by atoms with van der Waals surface area (Å²) in [6, 6.07) is 12.4. The monoisotopic (exact) mass is 399 g/mol. The Morgan fingerprint density at radius 3 is 2.61 bits per heavy atom. The van der Waals surface area contributed by atoms with Crippen molar-refractivity contribution < 1.29 is 8.42 Å². The lowest BCUT2D eigenvalue weighted by molar-refractivity contribution is 0.389. The van der Waals surface area contributed by atoms with Crippen molar-refractivity contribution in [3.63, 3.8) is 0 Å². The molecule has 0 unspecified atom stereocenters. The minimum Gasteiger partial charge on any atom is -0.309 e. The summed E-state index contributed by atoms with van der Waals surface area (Å²) in [7, 11) is -3.72. The van der Waals surface area contributed by atoms with Crippen LogP contribution in [-0.2, 0) is 16.6 Å². The summed E-state index contributed by atoms with van der Waals surface area (Å²) in [6.45, 7) is 6.06. The third-order valence-electron chi connectivity index (χ3n) is 4.71. The summed E-state index contributed by atoms with van der Waals surface area (Å²) in [5.41, 5.74) is 1.88. The average molecular weight is 400 g/mol. The third-order valence-corrected chi connectivity index (χ3v) is 6.70. The van der Waals surface area contributed by atoms with Crippen molar-refractivity contribution in [3.05, 3.63) is 69.8 Å². The molecule has 0 spiro atoms. The summed E-state index contributed by atoms with van der Waals surface area (Å²) in [6.07, 6.45) is 1.59. The van der Waals surface area contributed by atoms with Gasteiger partial charge in [0.15, 0.2) is 0 Å². The number of fused-ring (bicyclic) bond motifs is 1. The van der Waals surface area contributed by atoms with E-state index in [2.05, 4.69) is 9.97 Å². The zero-order valence-electron chi connectivity index (χ0n) is 16.4. The molecule has 1 heterocycles. The number of hydrogen-bond acceptors (Lipinski definition) is 4. The number of rotatable bonds is 7.